The maximum Gasteiger partial charge on any atom is 0.573 e. The van der Waals surface area contributed by atoms with E-state index in [0.717, 1.165) is 16.4 Å². The second kappa shape index (κ2) is 8.40. The van der Waals surface area contributed by atoms with Crippen molar-refractivity contribution < 1.29 is 31.2 Å². The topological polar surface area (TPSA) is 93.0 Å². The molecule has 2 aromatic rings. The number of halogens is 4. The molecule has 1 heterocycles. The molecule has 1 aliphatic rings. The zero-order valence-electron chi connectivity index (χ0n) is 15.2. The molecule has 0 unspecified atom stereocenters. The van der Waals surface area contributed by atoms with Crippen molar-refractivity contribution in [1.82, 2.24) is 4.31 Å². The monoisotopic (exact) mass is 509 g/mol. The lowest BCUT2D eigenvalue weighted by molar-refractivity contribution is -0.384. The van der Waals surface area contributed by atoms with Crippen LogP contribution < -0.4 is 9.64 Å². The Bertz CT molecular complexity index is 1040. The second-order valence-corrected chi connectivity index (χ2v) is 9.13. The van der Waals surface area contributed by atoms with E-state index in [-0.39, 0.29) is 36.3 Å². The summed E-state index contributed by atoms with van der Waals surface area (Å²) >= 11 is 3.01. The highest BCUT2D eigenvalue weighted by Crippen LogP contribution is 2.34. The molecule has 1 saturated heterocycles. The van der Waals surface area contributed by atoms with Crippen molar-refractivity contribution >= 4 is 37.3 Å². The van der Waals surface area contributed by atoms with E-state index >= 15 is 0 Å². The first-order valence-electron chi connectivity index (χ1n) is 8.52. The molecule has 0 amide bonds. The zero-order valence-corrected chi connectivity index (χ0v) is 17.6. The van der Waals surface area contributed by atoms with Crippen LogP contribution in [0.15, 0.2) is 51.8 Å². The molecule has 30 heavy (non-hydrogen) atoms. The summed E-state index contributed by atoms with van der Waals surface area (Å²) in [5, 5.41) is 10.7. The lowest BCUT2D eigenvalue weighted by Gasteiger charge is -2.35. The molecule has 3 rings (SSSR count). The summed E-state index contributed by atoms with van der Waals surface area (Å²) in [7, 11) is -4.23. The Morgan fingerprint density at radius 1 is 1.03 bits per heavy atom. The van der Waals surface area contributed by atoms with E-state index < -0.39 is 32.0 Å². The van der Waals surface area contributed by atoms with E-state index in [1.807, 2.05) is 4.90 Å². The fraction of sp³-hybridized carbons (Fsp3) is 0.294. The molecule has 8 nitrogen and oxygen atoms in total. The molecule has 0 aliphatic carbocycles. The lowest BCUT2D eigenvalue weighted by Crippen LogP contribution is -2.48. The van der Waals surface area contributed by atoms with Gasteiger partial charge in [-0.15, -0.1) is 13.2 Å². The minimum atomic E-state index is -5.04. The molecule has 162 valence electrons. The molecule has 0 atom stereocenters. The molecule has 0 spiro atoms. The Kier molecular flexibility index (Phi) is 6.24. The number of sulfonamides is 1. The molecular formula is C17H15BrF3N3O5S. The van der Waals surface area contributed by atoms with Gasteiger partial charge in [0.2, 0.25) is 10.0 Å². The molecule has 0 radical (unpaired) electrons. The minimum Gasteiger partial charge on any atom is -0.404 e. The standard InChI is InChI=1S/C17H15BrF3N3O5S/c18-12-1-6-16(15(11-12)29-17(19,20)21)30(27,28)23-9-7-22(8-10-23)13-2-4-14(5-3-13)24(25)26/h1-6,11H,7-10H2. The smallest absolute Gasteiger partial charge is 0.404 e. The highest BCUT2D eigenvalue weighted by molar-refractivity contribution is 9.10. The third-order valence-corrected chi connectivity index (χ3v) is 6.84. The van der Waals surface area contributed by atoms with Crippen molar-refractivity contribution in [3.05, 3.63) is 57.1 Å². The largest absolute Gasteiger partial charge is 0.573 e. The van der Waals surface area contributed by atoms with E-state index in [4.69, 9.17) is 0 Å². The third kappa shape index (κ3) is 5.02. The Morgan fingerprint density at radius 2 is 1.63 bits per heavy atom. The van der Waals surface area contributed by atoms with Gasteiger partial charge in [0.1, 0.15) is 4.90 Å². The number of piperazine rings is 1. The highest BCUT2D eigenvalue weighted by atomic mass is 79.9. The number of hydrogen-bond donors (Lipinski definition) is 0. The van der Waals surface area contributed by atoms with Crippen LogP contribution in [0.25, 0.3) is 0 Å². The van der Waals surface area contributed by atoms with Crippen LogP contribution in [0.3, 0.4) is 0 Å². The van der Waals surface area contributed by atoms with Crippen LogP contribution in [-0.4, -0.2) is 50.2 Å². The highest BCUT2D eigenvalue weighted by Gasteiger charge is 2.36. The summed E-state index contributed by atoms with van der Waals surface area (Å²) < 4.78 is 69.2. The number of ether oxygens (including phenoxy) is 1. The molecule has 0 saturated carbocycles. The molecule has 2 aromatic carbocycles. The van der Waals surface area contributed by atoms with Gasteiger partial charge in [0.25, 0.3) is 5.69 Å². The number of rotatable bonds is 5. The van der Waals surface area contributed by atoms with Gasteiger partial charge in [0.05, 0.1) is 4.92 Å². The van der Waals surface area contributed by atoms with Gasteiger partial charge in [0, 0.05) is 48.5 Å². The first-order valence-corrected chi connectivity index (χ1v) is 10.8. The summed E-state index contributed by atoms with van der Waals surface area (Å²) in [4.78, 5) is 11.5. The average molecular weight is 510 g/mol. The van der Waals surface area contributed by atoms with Gasteiger partial charge >= 0.3 is 6.36 Å². The SMILES string of the molecule is O=[N+]([O-])c1ccc(N2CCN(S(=O)(=O)c3ccc(Br)cc3OC(F)(F)F)CC2)cc1. The molecule has 1 fully saturated rings. The number of hydrogen-bond acceptors (Lipinski definition) is 6. The van der Waals surface area contributed by atoms with Crippen molar-refractivity contribution in [1.29, 1.82) is 0 Å². The first kappa shape index (κ1) is 22.3. The number of benzene rings is 2. The van der Waals surface area contributed by atoms with Gasteiger partial charge in [0.15, 0.2) is 5.75 Å². The number of nitro groups is 1. The van der Waals surface area contributed by atoms with Crippen molar-refractivity contribution in [2.24, 2.45) is 0 Å². The Labute approximate surface area is 178 Å². The van der Waals surface area contributed by atoms with Gasteiger partial charge < -0.3 is 9.64 Å². The lowest BCUT2D eigenvalue weighted by atomic mass is 10.2. The van der Waals surface area contributed by atoms with Gasteiger partial charge in [-0.2, -0.15) is 4.31 Å². The summed E-state index contributed by atoms with van der Waals surface area (Å²) in [6, 6.07) is 9.15. The maximum absolute atomic E-state index is 12.9. The van der Waals surface area contributed by atoms with Crippen LogP contribution in [0.4, 0.5) is 24.5 Å². The predicted octanol–water partition coefficient (Wildman–Crippen LogP) is 3.77. The van der Waals surface area contributed by atoms with E-state index in [1.54, 1.807) is 12.1 Å². The maximum atomic E-state index is 12.9. The van der Waals surface area contributed by atoms with Gasteiger partial charge in [-0.05, 0) is 30.3 Å². The Hall–Kier alpha value is -2.38. The fourth-order valence-corrected chi connectivity index (χ4v) is 4.87. The van der Waals surface area contributed by atoms with Crippen LogP contribution >= 0.6 is 15.9 Å². The number of non-ortho nitro benzene ring substituents is 1. The second-order valence-electron chi connectivity index (χ2n) is 6.30. The fourth-order valence-electron chi connectivity index (χ4n) is 3.01. The van der Waals surface area contributed by atoms with E-state index in [1.165, 1.54) is 18.2 Å². The van der Waals surface area contributed by atoms with Crippen molar-refractivity contribution in [3.63, 3.8) is 0 Å². The zero-order chi connectivity index (χ0) is 22.1. The van der Waals surface area contributed by atoms with Crippen LogP contribution in [0.5, 0.6) is 5.75 Å². The van der Waals surface area contributed by atoms with E-state index in [0.29, 0.717) is 5.69 Å². The summed E-state index contributed by atoms with van der Waals surface area (Å²) in [5.41, 5.74) is 0.620. The van der Waals surface area contributed by atoms with Crippen LogP contribution in [0, 0.1) is 10.1 Å². The predicted molar refractivity (Wildman–Crippen MR) is 105 cm³/mol. The number of nitrogens with zero attached hydrogens (tertiary/aromatic N) is 3. The van der Waals surface area contributed by atoms with E-state index in [2.05, 4.69) is 20.7 Å². The third-order valence-electron chi connectivity index (χ3n) is 4.41. The van der Waals surface area contributed by atoms with Crippen molar-refractivity contribution in [2.75, 3.05) is 31.1 Å². The van der Waals surface area contributed by atoms with Crippen LogP contribution in [0.2, 0.25) is 0 Å². The van der Waals surface area contributed by atoms with Gasteiger partial charge in [-0.25, -0.2) is 8.42 Å². The molecule has 0 bridgehead atoms. The number of nitro benzene ring substituents is 1. The number of anilines is 1. The Morgan fingerprint density at radius 3 is 2.17 bits per heavy atom. The Balaban J connectivity index is 1.77. The quantitative estimate of drug-likeness (QED) is 0.450. The molecule has 13 heteroatoms. The van der Waals surface area contributed by atoms with Crippen LogP contribution in [0.1, 0.15) is 0 Å². The van der Waals surface area contributed by atoms with Crippen molar-refractivity contribution in [3.8, 4) is 5.75 Å². The first-order chi connectivity index (χ1) is 14.0. The van der Waals surface area contributed by atoms with Crippen molar-refractivity contribution in [2.45, 2.75) is 11.3 Å². The molecule has 0 aromatic heterocycles. The molecular weight excluding hydrogens is 495 g/mol. The summed E-state index contributed by atoms with van der Waals surface area (Å²) in [6.45, 7) is 0.591. The van der Waals surface area contributed by atoms with Crippen LogP contribution in [-0.2, 0) is 10.0 Å². The molecule has 1 aliphatic heterocycles. The minimum absolute atomic E-state index is 0.0286. The molecule has 0 N–H and O–H groups in total. The van der Waals surface area contributed by atoms with Gasteiger partial charge in [-0.3, -0.25) is 10.1 Å². The average Bonchev–Trinajstić information content (AvgIpc) is 2.67. The summed E-state index contributed by atoms with van der Waals surface area (Å²) in [5.74, 6) is -0.810. The number of alkyl halides is 3. The normalized spacial score (nSPS) is 15.8. The summed E-state index contributed by atoms with van der Waals surface area (Å²) in [6.07, 6.45) is -5.04. The van der Waals surface area contributed by atoms with E-state index in [9.17, 15) is 31.7 Å². The van der Waals surface area contributed by atoms with Gasteiger partial charge in [-0.1, -0.05) is 15.9 Å².